The first-order chi connectivity index (χ1) is 29.9. The van der Waals surface area contributed by atoms with Crippen molar-refractivity contribution in [1.82, 2.24) is 0 Å². The summed E-state index contributed by atoms with van der Waals surface area (Å²) in [5.41, 5.74) is 9.95. The van der Waals surface area contributed by atoms with Gasteiger partial charge in [-0.15, -0.1) is 0 Å². The van der Waals surface area contributed by atoms with Crippen molar-refractivity contribution < 1.29 is 0 Å². The zero-order valence-electron chi connectivity index (χ0n) is 41.4. The van der Waals surface area contributed by atoms with E-state index in [-0.39, 0.29) is 0 Å². The Bertz CT molecular complexity index is 2620. The topological polar surface area (TPSA) is 6.48 Å². The quantitative estimate of drug-likeness (QED) is 0.113. The first kappa shape index (κ1) is 46.3. The van der Waals surface area contributed by atoms with Gasteiger partial charge in [0.1, 0.15) is 0 Å². The smallest absolute Gasteiger partial charge is 0.0543 e. The first-order valence-electron chi connectivity index (χ1n) is 22.5. The van der Waals surface area contributed by atoms with Gasteiger partial charge in [-0.25, -0.2) is 40.1 Å². The van der Waals surface area contributed by atoms with Crippen LogP contribution in [0.3, 0.4) is 0 Å². The molecule has 0 N–H and O–H groups in total. The van der Waals surface area contributed by atoms with E-state index in [9.17, 15) is 0 Å². The van der Waals surface area contributed by atoms with Crippen LogP contribution in [0.25, 0.3) is 32.3 Å². The summed E-state index contributed by atoms with van der Waals surface area (Å²) in [5.74, 6) is 0.632. The van der Waals surface area contributed by atoms with Gasteiger partial charge in [-0.3, -0.25) is 0 Å². The number of hydrogen-bond acceptors (Lipinski definition) is 2. The average Bonchev–Trinajstić information content (AvgIpc) is 3.22. The summed E-state index contributed by atoms with van der Waals surface area (Å²) >= 11 is 0. The van der Waals surface area contributed by atoms with Gasteiger partial charge >= 0.3 is 0 Å². The van der Waals surface area contributed by atoms with Gasteiger partial charge in [-0.05, 0) is 248 Å². The van der Waals surface area contributed by atoms with Gasteiger partial charge in [0.05, 0.1) is 11.4 Å². The number of benzene rings is 8. The molecule has 8 aromatic rings. The Labute approximate surface area is 392 Å². The van der Waals surface area contributed by atoms with Crippen LogP contribution in [0.15, 0.2) is 153 Å². The van der Waals surface area contributed by atoms with Gasteiger partial charge in [-0.2, -0.15) is 0 Å². The summed E-state index contributed by atoms with van der Waals surface area (Å²) in [7, 11) is -3.53. The lowest BCUT2D eigenvalue weighted by Gasteiger charge is -2.33. The van der Waals surface area contributed by atoms with Crippen molar-refractivity contribution in [3.8, 4) is 0 Å². The molecule has 0 heterocycles. The molecule has 0 aliphatic carbocycles. The Morgan fingerprint density at radius 3 is 0.719 bits per heavy atom. The summed E-state index contributed by atoms with van der Waals surface area (Å²) < 4.78 is 0. The second-order valence-electron chi connectivity index (χ2n) is 21.3. The Balaban J connectivity index is 1.47. The van der Waals surface area contributed by atoms with Crippen molar-refractivity contribution in [2.45, 2.75) is 59.1 Å². The van der Waals surface area contributed by atoms with Crippen molar-refractivity contribution in [3.05, 3.63) is 145 Å². The van der Waals surface area contributed by atoms with E-state index in [4.69, 9.17) is 0 Å². The molecule has 0 aliphatic heterocycles. The third-order valence-corrected chi connectivity index (χ3v) is 19.6. The highest BCUT2D eigenvalue weighted by atomic mass is 32.3. The molecule has 8 rings (SSSR count). The fourth-order valence-corrected chi connectivity index (χ4v) is 13.0. The van der Waals surface area contributed by atoms with Crippen LogP contribution in [0, 0.1) is 0 Å². The summed E-state index contributed by atoms with van der Waals surface area (Å²) in [6.07, 6.45) is 28.6. The number of anilines is 6. The molecule has 0 aliphatic rings. The second-order valence-corrected chi connectivity index (χ2v) is 37.9. The molecular weight excluding hydrogens is 853 g/mol. The predicted molar refractivity (Wildman–Crippen MR) is 302 cm³/mol. The van der Waals surface area contributed by atoms with Crippen LogP contribution in [0.4, 0.5) is 34.1 Å². The summed E-state index contributed by atoms with van der Waals surface area (Å²) in [6, 6.07) is 52.5. The average molecular weight is 925 g/mol. The molecule has 0 saturated heterocycles. The maximum Gasteiger partial charge on any atom is 0.0543 e. The maximum absolute atomic E-state index is 2.54. The van der Waals surface area contributed by atoms with Crippen molar-refractivity contribution in [2.75, 3.05) is 84.9 Å². The van der Waals surface area contributed by atoms with E-state index in [0.29, 0.717) is 11.8 Å². The number of hydrogen-bond donors (Lipinski definition) is 0. The van der Waals surface area contributed by atoms with Gasteiger partial charge in [0.2, 0.25) is 0 Å². The van der Waals surface area contributed by atoms with E-state index in [2.05, 4.69) is 246 Å². The Morgan fingerprint density at radius 2 is 0.516 bits per heavy atom. The molecule has 0 fully saturated rings. The molecule has 338 valence electrons. The van der Waals surface area contributed by atoms with Gasteiger partial charge < -0.3 is 9.80 Å². The van der Waals surface area contributed by atoms with Crippen LogP contribution in [0.2, 0.25) is 0 Å². The molecule has 2 nitrogen and oxygen atoms in total. The maximum atomic E-state index is 2.54. The minimum atomic E-state index is -0.882. The van der Waals surface area contributed by atoms with Crippen molar-refractivity contribution >= 4 is 107 Å². The molecule has 0 atom stereocenters. The Morgan fingerprint density at radius 1 is 0.297 bits per heavy atom. The van der Waals surface area contributed by atoms with Crippen molar-refractivity contribution in [3.63, 3.8) is 0 Å². The van der Waals surface area contributed by atoms with Gasteiger partial charge in [0.25, 0.3) is 0 Å². The normalized spacial score (nSPS) is 14.0. The van der Waals surface area contributed by atoms with Gasteiger partial charge in [0, 0.05) is 33.5 Å². The van der Waals surface area contributed by atoms with Crippen LogP contribution < -0.4 is 9.80 Å². The molecule has 0 spiro atoms. The minimum absolute atomic E-state index is 0.316. The fraction of sp³-hybridized carbons (Fsp3) is 0.310. The van der Waals surface area contributed by atoms with E-state index in [0.717, 1.165) is 0 Å². The Hall–Kier alpha value is -4.20. The second kappa shape index (κ2) is 16.9. The van der Waals surface area contributed by atoms with Gasteiger partial charge in [-0.1, -0.05) is 52.0 Å². The molecular formula is C58H72N2S4. The summed E-state index contributed by atoms with van der Waals surface area (Å²) in [6.45, 7) is 9.45. The zero-order chi connectivity index (χ0) is 46.3. The SMILES string of the molecule is CC(C)c1cc(N(c2ccc(S(C)(C)C)cc2)c2ccc(S(C)(C)C)cc2)c2ccc3c(C(C)C)cc(N(c4ccc(S(C)(C)C)cc4)c4ccc(S(C)(C)C)cc4)c4ccc1c2c34. The van der Waals surface area contributed by atoms with Crippen LogP contribution in [-0.2, 0) is 0 Å². The molecule has 0 amide bonds. The highest BCUT2D eigenvalue weighted by Crippen LogP contribution is 2.54. The minimum Gasteiger partial charge on any atom is -0.310 e. The lowest BCUT2D eigenvalue weighted by molar-refractivity contribution is 0.875. The molecule has 0 aromatic heterocycles. The van der Waals surface area contributed by atoms with E-state index < -0.39 is 40.1 Å². The lowest BCUT2D eigenvalue weighted by atomic mass is 9.84. The Kier molecular flexibility index (Phi) is 12.2. The molecule has 0 bridgehead atoms. The monoisotopic (exact) mass is 924 g/mol. The van der Waals surface area contributed by atoms with E-state index >= 15 is 0 Å². The molecule has 0 saturated carbocycles. The van der Waals surface area contributed by atoms with Crippen molar-refractivity contribution in [2.24, 2.45) is 0 Å². The molecule has 6 heteroatoms. The van der Waals surface area contributed by atoms with E-state index in [1.165, 1.54) is 97.2 Å². The lowest BCUT2D eigenvalue weighted by Crippen LogP contribution is -2.13. The van der Waals surface area contributed by atoms with E-state index in [1.54, 1.807) is 0 Å². The zero-order valence-corrected chi connectivity index (χ0v) is 44.6. The predicted octanol–water partition coefficient (Wildman–Crippen LogP) is 18.0. The molecule has 64 heavy (non-hydrogen) atoms. The van der Waals surface area contributed by atoms with Crippen LogP contribution in [-0.4, -0.2) is 75.1 Å². The highest BCUT2D eigenvalue weighted by molar-refractivity contribution is 8.33. The molecule has 8 aromatic carbocycles. The molecule has 0 radical (unpaired) electrons. The fourth-order valence-electron chi connectivity index (χ4n) is 9.20. The van der Waals surface area contributed by atoms with Crippen LogP contribution in [0.5, 0.6) is 0 Å². The molecule has 0 unspecified atom stereocenters. The largest absolute Gasteiger partial charge is 0.310 e. The summed E-state index contributed by atoms with van der Waals surface area (Å²) in [5, 5.41) is 7.96. The van der Waals surface area contributed by atoms with Crippen LogP contribution in [0.1, 0.15) is 50.7 Å². The highest BCUT2D eigenvalue weighted by Gasteiger charge is 2.27. The van der Waals surface area contributed by atoms with Crippen LogP contribution >= 0.6 is 40.1 Å². The summed E-state index contributed by atoms with van der Waals surface area (Å²) in [4.78, 5) is 10.8. The van der Waals surface area contributed by atoms with E-state index in [1.807, 2.05) is 0 Å². The third-order valence-electron chi connectivity index (χ3n) is 12.9. The van der Waals surface area contributed by atoms with Crippen molar-refractivity contribution in [1.29, 1.82) is 0 Å². The third kappa shape index (κ3) is 8.77. The first-order valence-corrected chi connectivity index (χ1v) is 33.9. The number of rotatable bonds is 12. The van der Waals surface area contributed by atoms with Gasteiger partial charge in [0.15, 0.2) is 0 Å². The number of nitrogens with zero attached hydrogens (tertiary/aromatic N) is 2. The standard InChI is InChI=1S/C58H72N2S4/c1-39(2)53-37-55(59(41-17-25-45(26-18-41)61(5,6)7)42-19-27-46(28-20-42)62(8,9)10)51-36-34-50-54(40(3)4)38-56(52-35-33-49(53)57(51)58(50)52)60(43-21-29-47(30-22-43)63(11,12)13)44-23-31-48(32-24-44)64(14,15)16/h17-40H,1-16H3.